The predicted molar refractivity (Wildman–Crippen MR) is 85.6 cm³/mol. The number of pyridine rings is 1. The molecule has 0 saturated carbocycles. The molecule has 102 valence electrons. The Balaban J connectivity index is 2.14. The lowest BCUT2D eigenvalue weighted by Gasteiger charge is -2.11. The van der Waals surface area contributed by atoms with Crippen molar-refractivity contribution in [3.63, 3.8) is 0 Å². The van der Waals surface area contributed by atoms with Gasteiger partial charge in [0.05, 0.1) is 5.69 Å². The van der Waals surface area contributed by atoms with Crippen molar-refractivity contribution < 1.29 is 0 Å². The van der Waals surface area contributed by atoms with Crippen LogP contribution in [0.3, 0.4) is 0 Å². The van der Waals surface area contributed by atoms with Crippen LogP contribution < -0.4 is 5.73 Å². The van der Waals surface area contributed by atoms with E-state index in [1.54, 1.807) is 6.20 Å². The summed E-state index contributed by atoms with van der Waals surface area (Å²) in [4.78, 5) is 4.36. The molecule has 0 radical (unpaired) electrons. The Morgan fingerprint density at radius 1 is 1.20 bits per heavy atom. The van der Waals surface area contributed by atoms with Crippen LogP contribution in [-0.2, 0) is 13.1 Å². The molecule has 0 amide bonds. The molecule has 0 fully saturated rings. The predicted octanol–water partition coefficient (Wildman–Crippen LogP) is 3.61. The number of para-hydroxylation sites is 1. The van der Waals surface area contributed by atoms with Crippen molar-refractivity contribution in [3.8, 4) is 0 Å². The minimum atomic E-state index is 0.468. The number of rotatable bonds is 3. The molecule has 20 heavy (non-hydrogen) atoms. The van der Waals surface area contributed by atoms with Crippen LogP contribution in [-0.4, -0.2) is 9.55 Å². The summed E-state index contributed by atoms with van der Waals surface area (Å²) >= 11 is 3.69. The molecule has 0 aliphatic carbocycles. The molecule has 0 unspecified atom stereocenters. The van der Waals surface area contributed by atoms with Crippen molar-refractivity contribution in [1.82, 2.24) is 9.55 Å². The molecular formula is C16H16BrN3. The lowest BCUT2D eigenvalue weighted by Crippen LogP contribution is -2.09. The van der Waals surface area contributed by atoms with Crippen LogP contribution in [0.4, 0.5) is 0 Å². The number of halogens is 1. The van der Waals surface area contributed by atoms with Crippen molar-refractivity contribution in [2.45, 2.75) is 20.0 Å². The Hall–Kier alpha value is -1.65. The summed E-state index contributed by atoms with van der Waals surface area (Å²) in [5, 5.41) is 1.24. The Labute approximate surface area is 126 Å². The van der Waals surface area contributed by atoms with Gasteiger partial charge in [0.2, 0.25) is 0 Å². The summed E-state index contributed by atoms with van der Waals surface area (Å²) in [5.74, 6) is 0. The van der Waals surface area contributed by atoms with Gasteiger partial charge in [-0.1, -0.05) is 24.3 Å². The molecule has 2 heterocycles. The first-order valence-corrected chi connectivity index (χ1v) is 7.38. The van der Waals surface area contributed by atoms with E-state index >= 15 is 0 Å². The molecule has 2 N–H and O–H groups in total. The fourth-order valence-electron chi connectivity index (χ4n) is 2.56. The molecule has 0 atom stereocenters. The van der Waals surface area contributed by atoms with E-state index in [1.807, 2.05) is 6.07 Å². The largest absolute Gasteiger partial charge is 0.339 e. The Morgan fingerprint density at radius 2 is 2.00 bits per heavy atom. The topological polar surface area (TPSA) is 43.8 Å². The number of hydrogen-bond acceptors (Lipinski definition) is 2. The van der Waals surface area contributed by atoms with E-state index in [9.17, 15) is 0 Å². The second-order valence-corrected chi connectivity index (χ2v) is 5.61. The normalized spacial score (nSPS) is 11.2. The number of hydrogen-bond donors (Lipinski definition) is 1. The first kappa shape index (κ1) is 13.3. The second kappa shape index (κ2) is 5.38. The highest BCUT2D eigenvalue weighted by Gasteiger charge is 2.12. The van der Waals surface area contributed by atoms with Crippen LogP contribution in [0.15, 0.2) is 47.1 Å². The molecule has 3 aromatic rings. The van der Waals surface area contributed by atoms with E-state index < -0.39 is 0 Å². The maximum atomic E-state index is 5.78. The summed E-state index contributed by atoms with van der Waals surface area (Å²) in [6, 6.07) is 12.5. The van der Waals surface area contributed by atoms with Gasteiger partial charge in [0, 0.05) is 40.4 Å². The third-order valence-corrected chi connectivity index (χ3v) is 4.66. The molecule has 2 aromatic heterocycles. The molecule has 3 nitrogen and oxygen atoms in total. The van der Waals surface area contributed by atoms with E-state index in [0.29, 0.717) is 6.54 Å². The van der Waals surface area contributed by atoms with Crippen molar-refractivity contribution in [1.29, 1.82) is 0 Å². The fraction of sp³-hybridized carbons (Fsp3) is 0.188. The lowest BCUT2D eigenvalue weighted by atomic mass is 10.2. The molecule has 1 aromatic carbocycles. The van der Waals surface area contributed by atoms with Gasteiger partial charge in [0.1, 0.15) is 0 Å². The zero-order chi connectivity index (χ0) is 14.1. The van der Waals surface area contributed by atoms with Gasteiger partial charge in [-0.15, -0.1) is 0 Å². The van der Waals surface area contributed by atoms with E-state index in [4.69, 9.17) is 5.73 Å². The standard InChI is InChI=1S/C16H16BrN3/c1-11-16(17)13-6-2-3-7-15(13)20(11)10-12-5-4-8-19-14(12)9-18/h2-8H,9-10,18H2,1H3. The molecule has 0 spiro atoms. The Morgan fingerprint density at radius 3 is 2.80 bits per heavy atom. The first-order valence-electron chi connectivity index (χ1n) is 6.58. The Bertz CT molecular complexity index is 762. The number of nitrogens with zero attached hydrogens (tertiary/aromatic N) is 2. The van der Waals surface area contributed by atoms with Gasteiger partial charge in [-0.25, -0.2) is 0 Å². The van der Waals surface area contributed by atoms with E-state index in [0.717, 1.165) is 16.7 Å². The zero-order valence-corrected chi connectivity index (χ0v) is 12.9. The summed E-state index contributed by atoms with van der Waals surface area (Å²) < 4.78 is 3.46. The van der Waals surface area contributed by atoms with Crippen LogP contribution in [0.1, 0.15) is 17.0 Å². The number of nitrogens with two attached hydrogens (primary N) is 1. The second-order valence-electron chi connectivity index (χ2n) is 4.82. The van der Waals surface area contributed by atoms with Crippen LogP contribution in [0.25, 0.3) is 10.9 Å². The minimum Gasteiger partial charge on any atom is -0.339 e. The minimum absolute atomic E-state index is 0.468. The maximum absolute atomic E-state index is 5.78. The SMILES string of the molecule is Cc1c(Br)c2ccccc2n1Cc1cccnc1CN. The van der Waals surface area contributed by atoms with Crippen LogP contribution in [0, 0.1) is 6.92 Å². The molecular weight excluding hydrogens is 314 g/mol. The summed E-state index contributed by atoms with van der Waals surface area (Å²) in [6.07, 6.45) is 1.79. The Kier molecular flexibility index (Phi) is 3.59. The van der Waals surface area contributed by atoms with Crippen LogP contribution in [0.2, 0.25) is 0 Å². The zero-order valence-electron chi connectivity index (χ0n) is 11.3. The van der Waals surface area contributed by atoms with Gasteiger partial charge in [0.25, 0.3) is 0 Å². The third kappa shape index (κ3) is 2.15. The molecule has 0 aliphatic heterocycles. The van der Waals surface area contributed by atoms with Crippen LogP contribution >= 0.6 is 15.9 Å². The number of aromatic nitrogens is 2. The summed E-state index contributed by atoms with van der Waals surface area (Å²) in [6.45, 7) is 3.39. The van der Waals surface area contributed by atoms with Crippen LogP contribution in [0.5, 0.6) is 0 Å². The smallest absolute Gasteiger partial charge is 0.0589 e. The molecule has 4 heteroatoms. The van der Waals surface area contributed by atoms with Gasteiger partial charge < -0.3 is 10.3 Å². The highest BCUT2D eigenvalue weighted by Crippen LogP contribution is 2.31. The summed E-state index contributed by atoms with van der Waals surface area (Å²) in [5.41, 5.74) is 10.4. The van der Waals surface area contributed by atoms with Crippen molar-refractivity contribution in [2.75, 3.05) is 0 Å². The van der Waals surface area contributed by atoms with E-state index in [-0.39, 0.29) is 0 Å². The lowest BCUT2D eigenvalue weighted by molar-refractivity contribution is 0.779. The molecule has 0 bridgehead atoms. The quantitative estimate of drug-likeness (QED) is 0.797. The van der Waals surface area contributed by atoms with Gasteiger partial charge in [0.15, 0.2) is 0 Å². The van der Waals surface area contributed by atoms with Gasteiger partial charge in [-0.3, -0.25) is 4.98 Å². The molecule has 0 aliphatic rings. The number of fused-ring (bicyclic) bond motifs is 1. The van der Waals surface area contributed by atoms with E-state index in [2.05, 4.69) is 62.7 Å². The fourth-order valence-corrected chi connectivity index (χ4v) is 3.11. The van der Waals surface area contributed by atoms with Gasteiger partial charge in [-0.2, -0.15) is 0 Å². The molecule has 0 saturated heterocycles. The average molecular weight is 330 g/mol. The van der Waals surface area contributed by atoms with Gasteiger partial charge in [-0.05, 0) is 40.5 Å². The monoisotopic (exact) mass is 329 g/mol. The maximum Gasteiger partial charge on any atom is 0.0589 e. The van der Waals surface area contributed by atoms with E-state index in [1.165, 1.54) is 22.2 Å². The highest BCUT2D eigenvalue weighted by atomic mass is 79.9. The van der Waals surface area contributed by atoms with Crippen molar-refractivity contribution in [2.24, 2.45) is 5.73 Å². The third-order valence-electron chi connectivity index (χ3n) is 3.66. The van der Waals surface area contributed by atoms with Gasteiger partial charge >= 0.3 is 0 Å². The summed E-state index contributed by atoms with van der Waals surface area (Å²) in [7, 11) is 0. The highest BCUT2D eigenvalue weighted by molar-refractivity contribution is 9.10. The molecule has 3 rings (SSSR count). The number of benzene rings is 1. The first-order chi connectivity index (χ1) is 9.72. The average Bonchev–Trinajstić information content (AvgIpc) is 2.73. The van der Waals surface area contributed by atoms with Crippen molar-refractivity contribution >= 4 is 26.8 Å². The van der Waals surface area contributed by atoms with Crippen molar-refractivity contribution in [3.05, 3.63) is 64.0 Å².